The van der Waals surface area contributed by atoms with Gasteiger partial charge in [-0.3, -0.25) is 9.59 Å². The number of carbonyl (C=O) groups excluding carboxylic acids is 3. The first-order chi connectivity index (χ1) is 10.6. The molecule has 22 heavy (non-hydrogen) atoms. The van der Waals surface area contributed by atoms with Crippen molar-refractivity contribution in [2.45, 2.75) is 25.2 Å². The van der Waals surface area contributed by atoms with Gasteiger partial charge in [-0.2, -0.15) is 0 Å². The van der Waals surface area contributed by atoms with Gasteiger partial charge in [0.1, 0.15) is 6.29 Å². The molecule has 0 aromatic heterocycles. The van der Waals surface area contributed by atoms with Crippen LogP contribution in [0.5, 0.6) is 0 Å². The predicted molar refractivity (Wildman–Crippen MR) is 83.6 cm³/mol. The molecule has 0 N–H and O–H groups in total. The van der Waals surface area contributed by atoms with Gasteiger partial charge in [-0.05, 0) is 22.3 Å². The van der Waals surface area contributed by atoms with Crippen LogP contribution in [0.2, 0.25) is 0 Å². The van der Waals surface area contributed by atoms with E-state index in [9.17, 15) is 14.4 Å². The van der Waals surface area contributed by atoms with E-state index >= 15 is 0 Å². The van der Waals surface area contributed by atoms with Gasteiger partial charge in [0.05, 0.1) is 0 Å². The zero-order valence-corrected chi connectivity index (χ0v) is 12.3. The van der Waals surface area contributed by atoms with Crippen molar-refractivity contribution in [2.75, 3.05) is 0 Å². The third kappa shape index (κ3) is 2.01. The van der Waals surface area contributed by atoms with Crippen molar-refractivity contribution >= 4 is 17.9 Å². The van der Waals surface area contributed by atoms with E-state index in [-0.39, 0.29) is 12.8 Å². The zero-order valence-electron chi connectivity index (χ0n) is 12.3. The molecule has 0 radical (unpaired) electrons. The lowest BCUT2D eigenvalue weighted by atomic mass is 9.72. The number of fused-ring (bicyclic) bond motifs is 3. The smallest absolute Gasteiger partial charge is 0.199 e. The van der Waals surface area contributed by atoms with Crippen molar-refractivity contribution < 1.29 is 14.4 Å². The van der Waals surface area contributed by atoms with Crippen LogP contribution in [0.3, 0.4) is 0 Å². The van der Waals surface area contributed by atoms with Crippen LogP contribution < -0.4 is 0 Å². The van der Waals surface area contributed by atoms with E-state index in [2.05, 4.69) is 0 Å². The fourth-order valence-corrected chi connectivity index (χ4v) is 3.44. The van der Waals surface area contributed by atoms with Gasteiger partial charge in [0.15, 0.2) is 11.6 Å². The summed E-state index contributed by atoms with van der Waals surface area (Å²) in [5.41, 5.74) is 3.26. The molecule has 1 aliphatic rings. The number of hydrogen-bond donors (Lipinski definition) is 0. The highest BCUT2D eigenvalue weighted by Gasteiger charge is 2.44. The first kappa shape index (κ1) is 14.4. The van der Waals surface area contributed by atoms with Gasteiger partial charge in [0.25, 0.3) is 0 Å². The third-order valence-electron chi connectivity index (χ3n) is 4.46. The van der Waals surface area contributed by atoms with Crippen molar-refractivity contribution in [3.63, 3.8) is 0 Å². The van der Waals surface area contributed by atoms with Crippen LogP contribution in [-0.4, -0.2) is 17.9 Å². The van der Waals surface area contributed by atoms with Gasteiger partial charge in [-0.25, -0.2) is 0 Å². The fourth-order valence-electron chi connectivity index (χ4n) is 3.44. The number of benzene rings is 2. The average molecular weight is 292 g/mol. The lowest BCUT2D eigenvalue weighted by molar-refractivity contribution is -0.136. The monoisotopic (exact) mass is 292 g/mol. The SMILES string of the molecule is CC(=O)C(=O)CC1(CC=O)c2ccccc2-c2ccccc21. The second-order valence-corrected chi connectivity index (χ2v) is 5.70. The summed E-state index contributed by atoms with van der Waals surface area (Å²) in [6.07, 6.45) is 1.07. The molecule has 110 valence electrons. The minimum absolute atomic E-state index is 0.0368. The Morgan fingerprint density at radius 1 is 0.955 bits per heavy atom. The first-order valence-corrected chi connectivity index (χ1v) is 7.27. The molecule has 1 aliphatic carbocycles. The Bertz CT molecular complexity index is 728. The van der Waals surface area contributed by atoms with Crippen molar-refractivity contribution in [1.29, 1.82) is 0 Å². The van der Waals surface area contributed by atoms with Crippen molar-refractivity contribution in [2.24, 2.45) is 0 Å². The number of aldehydes is 1. The normalized spacial score (nSPS) is 14.0. The molecule has 0 aliphatic heterocycles. The van der Waals surface area contributed by atoms with Gasteiger partial charge >= 0.3 is 0 Å². The second kappa shape index (κ2) is 5.34. The molecule has 2 aromatic carbocycles. The number of Topliss-reactive ketones (excluding diaryl/α,β-unsaturated/α-hetero) is 2. The number of hydrogen-bond acceptors (Lipinski definition) is 3. The summed E-state index contributed by atoms with van der Waals surface area (Å²) in [6.45, 7) is 1.28. The van der Waals surface area contributed by atoms with E-state index in [0.717, 1.165) is 28.5 Å². The lowest BCUT2D eigenvalue weighted by Crippen LogP contribution is -2.31. The summed E-state index contributed by atoms with van der Waals surface area (Å²) in [5.74, 6) is -0.902. The second-order valence-electron chi connectivity index (χ2n) is 5.70. The van der Waals surface area contributed by atoms with E-state index in [1.165, 1.54) is 6.92 Å². The van der Waals surface area contributed by atoms with Gasteiger partial charge in [-0.1, -0.05) is 48.5 Å². The molecule has 0 saturated heterocycles. The molecule has 0 saturated carbocycles. The summed E-state index contributed by atoms with van der Waals surface area (Å²) in [6, 6.07) is 15.6. The predicted octanol–water partition coefficient (Wildman–Crippen LogP) is 3.09. The average Bonchev–Trinajstić information content (AvgIpc) is 2.79. The molecule has 0 amide bonds. The highest BCUT2D eigenvalue weighted by atomic mass is 16.2. The standard InChI is InChI=1S/C19H16O3/c1-13(21)18(22)12-19(10-11-20)16-8-4-2-6-14(16)15-7-3-5-9-17(15)19/h2-9,11H,10,12H2,1H3. The molecule has 0 bridgehead atoms. The Balaban J connectivity index is 2.26. The largest absolute Gasteiger partial charge is 0.303 e. The number of carbonyl (C=O) groups is 3. The van der Waals surface area contributed by atoms with E-state index < -0.39 is 17.0 Å². The Morgan fingerprint density at radius 3 is 1.91 bits per heavy atom. The maximum absolute atomic E-state index is 12.1. The van der Waals surface area contributed by atoms with Crippen LogP contribution in [0.15, 0.2) is 48.5 Å². The van der Waals surface area contributed by atoms with E-state index in [4.69, 9.17) is 0 Å². The summed E-state index contributed by atoms with van der Waals surface area (Å²) in [7, 11) is 0. The zero-order chi connectivity index (χ0) is 15.7. The Morgan fingerprint density at radius 2 is 1.45 bits per heavy atom. The van der Waals surface area contributed by atoms with Crippen LogP contribution >= 0.6 is 0 Å². The molecule has 3 rings (SSSR count). The summed E-state index contributed by atoms with van der Waals surface area (Å²) in [5, 5.41) is 0. The van der Waals surface area contributed by atoms with E-state index in [1.54, 1.807) is 0 Å². The van der Waals surface area contributed by atoms with Gasteiger partial charge < -0.3 is 4.79 Å². The fraction of sp³-hybridized carbons (Fsp3) is 0.211. The van der Waals surface area contributed by atoms with Gasteiger partial charge in [0, 0.05) is 25.2 Å². The topological polar surface area (TPSA) is 51.2 Å². The number of rotatable bonds is 5. The van der Waals surface area contributed by atoms with Crippen molar-refractivity contribution in [3.05, 3.63) is 59.7 Å². The maximum atomic E-state index is 12.1. The Hall–Kier alpha value is -2.55. The molecule has 2 aromatic rings. The molecular weight excluding hydrogens is 276 g/mol. The highest BCUT2D eigenvalue weighted by Crippen LogP contribution is 2.52. The lowest BCUT2D eigenvalue weighted by Gasteiger charge is -2.29. The molecule has 0 heterocycles. The molecule has 0 fully saturated rings. The Labute approximate surface area is 129 Å². The molecular formula is C19H16O3. The molecule has 3 nitrogen and oxygen atoms in total. The summed E-state index contributed by atoms with van der Waals surface area (Å²) >= 11 is 0. The molecule has 3 heteroatoms. The third-order valence-corrected chi connectivity index (χ3v) is 4.46. The van der Waals surface area contributed by atoms with Crippen molar-refractivity contribution in [1.82, 2.24) is 0 Å². The van der Waals surface area contributed by atoms with E-state index in [0.29, 0.717) is 0 Å². The van der Waals surface area contributed by atoms with E-state index in [1.807, 2.05) is 48.5 Å². The van der Waals surface area contributed by atoms with Gasteiger partial charge in [0.2, 0.25) is 0 Å². The maximum Gasteiger partial charge on any atom is 0.199 e. The first-order valence-electron chi connectivity index (χ1n) is 7.27. The molecule has 0 unspecified atom stereocenters. The minimum atomic E-state index is -0.725. The van der Waals surface area contributed by atoms with Crippen LogP contribution in [0.25, 0.3) is 11.1 Å². The molecule has 0 atom stereocenters. The highest BCUT2D eigenvalue weighted by molar-refractivity contribution is 6.36. The van der Waals surface area contributed by atoms with Crippen molar-refractivity contribution in [3.8, 4) is 11.1 Å². The summed E-state index contributed by atoms with van der Waals surface area (Å²) in [4.78, 5) is 34.9. The Kier molecular flexibility index (Phi) is 3.49. The molecule has 0 spiro atoms. The van der Waals surface area contributed by atoms with Crippen LogP contribution in [0.4, 0.5) is 0 Å². The minimum Gasteiger partial charge on any atom is -0.303 e. The van der Waals surface area contributed by atoms with Crippen LogP contribution in [0, 0.1) is 0 Å². The quantitative estimate of drug-likeness (QED) is 0.628. The number of ketones is 2. The van der Waals surface area contributed by atoms with Crippen LogP contribution in [-0.2, 0) is 19.8 Å². The van der Waals surface area contributed by atoms with Crippen LogP contribution in [0.1, 0.15) is 30.9 Å². The summed E-state index contributed by atoms with van der Waals surface area (Å²) < 4.78 is 0. The van der Waals surface area contributed by atoms with Gasteiger partial charge in [-0.15, -0.1) is 0 Å².